The number of carbonyl (C=O) groups is 1. The zero-order valence-electron chi connectivity index (χ0n) is 50.5. The predicted molar refractivity (Wildman–Crippen MR) is 322 cm³/mol. The van der Waals surface area contributed by atoms with Gasteiger partial charge in [-0.3, -0.25) is 13.8 Å². The number of ether oxygens (including phenoxy) is 4. The summed E-state index contributed by atoms with van der Waals surface area (Å²) in [6, 6.07) is 7.76. The van der Waals surface area contributed by atoms with Gasteiger partial charge in [-0.1, -0.05) is 113 Å². The summed E-state index contributed by atoms with van der Waals surface area (Å²) in [5, 5.41) is 10.6. The first-order valence-corrected chi connectivity index (χ1v) is 31.6. The summed E-state index contributed by atoms with van der Waals surface area (Å²) in [7, 11) is 1.85. The third kappa shape index (κ3) is 12.1. The molecule has 14 nitrogen and oxygen atoms in total. The SMILES string of the molecule is COC1=CC(C(C)(C)C)C2OP(OC3=C4C(CC=C3)CC3C=CC=C5OP(Oc6c(-c7cc(OC)cc(C(C)(C)C)c7OPOC(=O)C7CC=CC=C7O)cc(OC)cc6C(C)(C)C)OC4C53)OC3=C(C=C(OC)CC3C(C)(C)C)C2C1. The molecule has 10 rings (SSSR count). The molecule has 2 aromatic carbocycles. The van der Waals surface area contributed by atoms with E-state index in [9.17, 15) is 9.90 Å². The summed E-state index contributed by atoms with van der Waals surface area (Å²) < 4.78 is 80.4. The monoisotopic (exact) mass is 1180 g/mol. The number of methoxy groups -OCH3 is 4. The molecule has 12 unspecified atom stereocenters. The molecule has 8 aliphatic rings. The van der Waals surface area contributed by atoms with Gasteiger partial charge < -0.3 is 51.2 Å². The van der Waals surface area contributed by atoms with Gasteiger partial charge in [-0.25, -0.2) is 0 Å². The first kappa shape index (κ1) is 59.9. The maximum atomic E-state index is 13.4. The summed E-state index contributed by atoms with van der Waals surface area (Å²) in [6.45, 7) is 26.2. The molecule has 1 N–H and O–H groups in total. The summed E-state index contributed by atoms with van der Waals surface area (Å²) in [5.74, 6) is 4.86. The van der Waals surface area contributed by atoms with Gasteiger partial charge in [-0.05, 0) is 107 Å². The van der Waals surface area contributed by atoms with Crippen LogP contribution in [0.3, 0.4) is 0 Å². The van der Waals surface area contributed by atoms with Crippen molar-refractivity contribution < 1.29 is 65.0 Å². The highest BCUT2D eigenvalue weighted by Gasteiger charge is 2.54. The van der Waals surface area contributed by atoms with E-state index in [-0.39, 0.29) is 58.2 Å². The smallest absolute Gasteiger partial charge is 0.463 e. The fourth-order valence-corrected chi connectivity index (χ4v) is 15.8. The lowest BCUT2D eigenvalue weighted by atomic mass is 9.65. The second kappa shape index (κ2) is 23.3. The van der Waals surface area contributed by atoms with Crippen molar-refractivity contribution >= 4 is 32.2 Å². The number of allylic oxidation sites excluding steroid dienone is 12. The maximum absolute atomic E-state index is 13.4. The first-order chi connectivity index (χ1) is 38.8. The molecule has 1 saturated carbocycles. The molecule has 442 valence electrons. The average Bonchev–Trinajstić information content (AvgIpc) is 1.95. The number of rotatable bonds is 13. The van der Waals surface area contributed by atoms with Crippen LogP contribution in [-0.4, -0.2) is 51.7 Å². The highest BCUT2D eigenvalue weighted by atomic mass is 31.2. The lowest BCUT2D eigenvalue weighted by Gasteiger charge is -2.48. The van der Waals surface area contributed by atoms with E-state index in [2.05, 4.69) is 120 Å². The van der Waals surface area contributed by atoms with E-state index >= 15 is 0 Å². The topological polar surface area (TPSA) is 148 Å². The molecule has 2 fully saturated rings. The van der Waals surface area contributed by atoms with Crippen LogP contribution in [-0.2, 0) is 52.2 Å². The molecule has 2 aromatic rings. The van der Waals surface area contributed by atoms with Crippen molar-refractivity contribution in [3.63, 3.8) is 0 Å². The minimum Gasteiger partial charge on any atom is -0.511 e. The predicted octanol–water partition coefficient (Wildman–Crippen LogP) is 17.1. The number of hydrogen-bond acceptors (Lipinski definition) is 14. The van der Waals surface area contributed by atoms with Gasteiger partial charge in [0.1, 0.15) is 58.1 Å². The Hall–Kier alpha value is -5.22. The molecule has 0 bridgehead atoms. The van der Waals surface area contributed by atoms with Gasteiger partial charge in [0.25, 0.3) is 9.03 Å². The third-order valence-corrected chi connectivity index (χ3v) is 19.9. The molecule has 82 heavy (non-hydrogen) atoms. The van der Waals surface area contributed by atoms with Crippen LogP contribution in [0, 0.1) is 52.3 Å². The maximum Gasteiger partial charge on any atom is 0.463 e. The molecule has 0 spiro atoms. The van der Waals surface area contributed by atoms with Crippen molar-refractivity contribution in [1.29, 1.82) is 0 Å². The summed E-state index contributed by atoms with van der Waals surface area (Å²) >= 11 is 0. The van der Waals surface area contributed by atoms with Crippen molar-refractivity contribution in [2.45, 2.75) is 138 Å². The molecule has 0 radical (unpaired) electrons. The van der Waals surface area contributed by atoms with Crippen molar-refractivity contribution in [3.8, 4) is 34.1 Å². The lowest BCUT2D eigenvalue weighted by Crippen LogP contribution is -2.44. The van der Waals surface area contributed by atoms with Crippen LogP contribution in [0.5, 0.6) is 23.0 Å². The highest BCUT2D eigenvalue weighted by Crippen LogP contribution is 2.65. The van der Waals surface area contributed by atoms with Gasteiger partial charge in [0.15, 0.2) is 0 Å². The van der Waals surface area contributed by atoms with Crippen LogP contribution in [0.2, 0.25) is 0 Å². The highest BCUT2D eigenvalue weighted by molar-refractivity contribution is 7.42. The minimum absolute atomic E-state index is 0.0111. The van der Waals surface area contributed by atoms with Gasteiger partial charge in [-0.2, -0.15) is 0 Å². The van der Waals surface area contributed by atoms with Gasteiger partial charge in [0, 0.05) is 64.0 Å². The number of fused-ring (bicyclic) bond motifs is 4. The Bertz CT molecular complexity index is 3100. The fraction of sp³-hybridized carbons (Fsp3) is 0.523. The number of aliphatic hydroxyl groups excluding tert-OH is 1. The summed E-state index contributed by atoms with van der Waals surface area (Å²) in [5.41, 5.74) is 3.63. The van der Waals surface area contributed by atoms with E-state index < -0.39 is 55.1 Å². The van der Waals surface area contributed by atoms with E-state index in [4.69, 9.17) is 55.1 Å². The molecule has 0 aromatic heterocycles. The molecule has 2 aliphatic heterocycles. The van der Waals surface area contributed by atoms with Crippen LogP contribution in [0.1, 0.15) is 126 Å². The first-order valence-electron chi connectivity index (χ1n) is 28.6. The van der Waals surface area contributed by atoms with Crippen molar-refractivity contribution in [2.24, 2.45) is 52.3 Å². The largest absolute Gasteiger partial charge is 0.511 e. The van der Waals surface area contributed by atoms with Crippen LogP contribution in [0.4, 0.5) is 0 Å². The standard InChI is InChI=1S/C65H83O14P3/c1-62(2,3)47-32-38(68-13)28-43(56(47)72-80-73-61(67)42-23-17-18-24-51(42)66)44-29-39(69-14)33-48(63(4,5)6)57(44)78-82-75-53-26-20-22-37-27-36-21-19-25-52(54(36)60(79-82)55(37)53)74-81-76-58-45(30-40(70-15)34-49(58)64(7,8)9)46-31-41(71-16)35-50(59(46)77-81)65(10,11)12/h17-20,22,24-26,28-30,32-33,35-37,42,46,49-50,55,59-60,66,80H,21,23,27,31,34H2,1-16H3. The van der Waals surface area contributed by atoms with E-state index in [1.54, 1.807) is 34.5 Å². The lowest BCUT2D eigenvalue weighted by molar-refractivity contribution is -0.137. The van der Waals surface area contributed by atoms with Gasteiger partial charge in [-0.15, -0.1) is 0 Å². The molecule has 0 amide bonds. The zero-order valence-corrected chi connectivity index (χ0v) is 53.3. The average molecular weight is 1180 g/mol. The summed E-state index contributed by atoms with van der Waals surface area (Å²) in [6.07, 6.45) is 22.7. The number of carbonyl (C=O) groups excluding carboxylic acids is 1. The number of benzene rings is 2. The Kier molecular flexibility index (Phi) is 17.0. The minimum atomic E-state index is -2.17. The molecule has 2 heterocycles. The van der Waals surface area contributed by atoms with Gasteiger partial charge in [0.05, 0.1) is 52.0 Å². The Morgan fingerprint density at radius 1 is 0.720 bits per heavy atom. The van der Waals surface area contributed by atoms with E-state index in [0.717, 1.165) is 58.2 Å². The van der Waals surface area contributed by atoms with Crippen molar-refractivity contribution in [1.82, 2.24) is 0 Å². The molecule has 1 saturated heterocycles. The van der Waals surface area contributed by atoms with E-state index in [0.29, 0.717) is 59.1 Å². The van der Waals surface area contributed by atoms with Crippen LogP contribution < -0.4 is 18.5 Å². The number of aliphatic hydroxyl groups is 1. The van der Waals surface area contributed by atoms with Crippen LogP contribution >= 0.6 is 26.2 Å². The summed E-state index contributed by atoms with van der Waals surface area (Å²) in [4.78, 5) is 13.4. The van der Waals surface area contributed by atoms with Crippen LogP contribution in [0.25, 0.3) is 11.1 Å². The zero-order chi connectivity index (χ0) is 58.8. The Balaban J connectivity index is 1.06. The Labute approximate surface area is 490 Å². The molecular formula is C65H83O14P3. The van der Waals surface area contributed by atoms with Gasteiger partial charge >= 0.3 is 23.2 Å². The molecule has 6 aliphatic carbocycles. The Morgan fingerprint density at radius 3 is 2.02 bits per heavy atom. The second-order valence-electron chi connectivity index (χ2n) is 26.8. The van der Waals surface area contributed by atoms with Crippen molar-refractivity contribution in [2.75, 3.05) is 28.4 Å². The van der Waals surface area contributed by atoms with E-state index in [1.807, 2.05) is 36.4 Å². The van der Waals surface area contributed by atoms with E-state index in [1.165, 1.54) is 6.08 Å². The Morgan fingerprint density at radius 2 is 1.39 bits per heavy atom. The third-order valence-electron chi connectivity index (χ3n) is 17.1. The van der Waals surface area contributed by atoms with Gasteiger partial charge in [0.2, 0.25) is 0 Å². The quantitative estimate of drug-likeness (QED) is 0.190. The molecular weight excluding hydrogens is 1100 g/mol. The van der Waals surface area contributed by atoms with Crippen molar-refractivity contribution in [3.05, 3.63) is 142 Å². The molecule has 17 heteroatoms. The van der Waals surface area contributed by atoms with Crippen LogP contribution in [0.15, 0.2) is 131 Å². The molecule has 12 atom stereocenters. The normalized spacial score (nSPS) is 28.8. The second-order valence-corrected chi connectivity index (χ2v) is 29.4. The fourth-order valence-electron chi connectivity index (χ4n) is 12.6. The number of hydrogen-bond donors (Lipinski definition) is 1.